The maximum Gasteiger partial charge on any atom is 0.253 e. The average Bonchev–Trinajstić information content (AvgIpc) is 3.29. The lowest BCUT2D eigenvalue weighted by molar-refractivity contribution is 0.0710. The minimum absolute atomic E-state index is 0.0513. The number of carbonyl (C=O) groups is 1. The molecule has 3 fully saturated rings. The second-order valence-electron chi connectivity index (χ2n) is 8.81. The molecular formula is C23H30N4O3. The molecule has 7 heteroatoms. The lowest BCUT2D eigenvalue weighted by Crippen LogP contribution is -2.38. The van der Waals surface area contributed by atoms with Gasteiger partial charge < -0.3 is 14.4 Å². The summed E-state index contributed by atoms with van der Waals surface area (Å²) in [7, 11) is 1.63. The zero-order chi connectivity index (χ0) is 20.5. The summed E-state index contributed by atoms with van der Waals surface area (Å²) in [5.41, 5.74) is 0.653. The summed E-state index contributed by atoms with van der Waals surface area (Å²) in [5, 5.41) is 7.50. The number of benzene rings is 1. The Hall–Kier alpha value is -2.57. The van der Waals surface area contributed by atoms with E-state index in [4.69, 9.17) is 14.5 Å². The molecule has 0 atom stereocenters. The minimum atomic E-state index is 0.0513. The molecule has 160 valence electrons. The largest absolute Gasteiger partial charge is 0.493 e. The van der Waals surface area contributed by atoms with E-state index < -0.39 is 0 Å². The Bertz CT molecular complexity index is 894. The molecule has 1 aromatic carbocycles. The van der Waals surface area contributed by atoms with Crippen LogP contribution in [0.5, 0.6) is 11.5 Å². The first-order valence-corrected chi connectivity index (χ1v) is 11.3. The van der Waals surface area contributed by atoms with E-state index in [9.17, 15) is 4.79 Å². The molecular weight excluding hydrogens is 380 g/mol. The van der Waals surface area contributed by atoms with Gasteiger partial charge in [-0.3, -0.25) is 9.89 Å². The minimum Gasteiger partial charge on any atom is -0.493 e. The monoisotopic (exact) mass is 410 g/mol. The number of carbonyl (C=O) groups excluding carboxylic acids is 1. The van der Waals surface area contributed by atoms with Crippen molar-refractivity contribution < 1.29 is 14.3 Å². The van der Waals surface area contributed by atoms with Gasteiger partial charge in [-0.25, -0.2) is 4.98 Å². The smallest absolute Gasteiger partial charge is 0.253 e. The van der Waals surface area contributed by atoms with Crippen molar-refractivity contribution in [1.29, 1.82) is 0 Å². The molecule has 0 bridgehead atoms. The van der Waals surface area contributed by atoms with Gasteiger partial charge in [-0.05, 0) is 69.6 Å². The Labute approximate surface area is 177 Å². The van der Waals surface area contributed by atoms with Crippen molar-refractivity contribution in [1.82, 2.24) is 20.1 Å². The predicted octanol–water partition coefficient (Wildman–Crippen LogP) is 4.03. The highest BCUT2D eigenvalue weighted by molar-refractivity contribution is 5.95. The molecule has 2 aliphatic carbocycles. The fourth-order valence-corrected chi connectivity index (χ4v) is 4.62. The molecule has 1 amide bonds. The second-order valence-corrected chi connectivity index (χ2v) is 8.81. The molecule has 1 N–H and O–H groups in total. The number of aromatic nitrogens is 3. The van der Waals surface area contributed by atoms with Crippen LogP contribution in [0, 0.1) is 0 Å². The van der Waals surface area contributed by atoms with E-state index in [1.807, 2.05) is 23.1 Å². The van der Waals surface area contributed by atoms with E-state index in [-0.39, 0.29) is 12.0 Å². The number of hydrogen-bond acceptors (Lipinski definition) is 5. The molecule has 5 rings (SSSR count). The van der Waals surface area contributed by atoms with Crippen LogP contribution in [0.2, 0.25) is 0 Å². The molecule has 1 aromatic heterocycles. The van der Waals surface area contributed by atoms with Crippen molar-refractivity contribution in [2.45, 2.75) is 69.3 Å². The molecule has 1 aliphatic heterocycles. The van der Waals surface area contributed by atoms with Crippen molar-refractivity contribution >= 4 is 5.91 Å². The number of amides is 1. The van der Waals surface area contributed by atoms with Crippen LogP contribution in [-0.4, -0.2) is 52.3 Å². The summed E-state index contributed by atoms with van der Waals surface area (Å²) < 4.78 is 11.6. The number of ether oxygens (including phenoxy) is 2. The van der Waals surface area contributed by atoms with Crippen LogP contribution in [0.1, 0.15) is 85.2 Å². The van der Waals surface area contributed by atoms with Gasteiger partial charge in [0.1, 0.15) is 5.82 Å². The molecule has 30 heavy (non-hydrogen) atoms. The highest BCUT2D eigenvalue weighted by Crippen LogP contribution is 2.39. The number of nitrogens with one attached hydrogen (secondary N) is 1. The second kappa shape index (κ2) is 8.28. The van der Waals surface area contributed by atoms with Gasteiger partial charge in [0.2, 0.25) is 0 Å². The van der Waals surface area contributed by atoms with Crippen LogP contribution >= 0.6 is 0 Å². The number of aromatic amines is 1. The Morgan fingerprint density at radius 3 is 2.50 bits per heavy atom. The van der Waals surface area contributed by atoms with E-state index in [0.29, 0.717) is 23.1 Å². The third-order valence-corrected chi connectivity index (χ3v) is 6.64. The van der Waals surface area contributed by atoms with Crippen LogP contribution in [0.25, 0.3) is 0 Å². The Morgan fingerprint density at radius 1 is 1.03 bits per heavy atom. The van der Waals surface area contributed by atoms with Gasteiger partial charge in [-0.15, -0.1) is 0 Å². The number of methoxy groups -OCH3 is 1. The van der Waals surface area contributed by atoms with Crippen LogP contribution in [0.4, 0.5) is 0 Å². The third-order valence-electron chi connectivity index (χ3n) is 6.64. The topological polar surface area (TPSA) is 80.3 Å². The van der Waals surface area contributed by atoms with Gasteiger partial charge in [0.05, 0.1) is 13.2 Å². The summed E-state index contributed by atoms with van der Waals surface area (Å²) in [6, 6.07) is 5.56. The van der Waals surface area contributed by atoms with E-state index >= 15 is 0 Å². The standard InChI is InChI=1S/C23H30N4O3/c1-29-20-14-17(8-9-19(20)30-18-4-2-3-5-18)23(28)27-12-10-16(11-13-27)22-24-21(25-26-22)15-6-7-15/h8-9,14-16,18H,2-7,10-13H2,1H3,(H,24,25,26). The predicted molar refractivity (Wildman–Crippen MR) is 112 cm³/mol. The first-order chi connectivity index (χ1) is 14.7. The number of piperidine rings is 1. The third kappa shape index (κ3) is 4.02. The summed E-state index contributed by atoms with van der Waals surface area (Å²) in [5.74, 6) is 4.29. The van der Waals surface area contributed by atoms with Crippen molar-refractivity contribution in [2.75, 3.05) is 20.2 Å². The highest BCUT2D eigenvalue weighted by Gasteiger charge is 2.31. The molecule has 2 aromatic rings. The molecule has 2 heterocycles. The van der Waals surface area contributed by atoms with Crippen molar-refractivity contribution in [3.8, 4) is 11.5 Å². The van der Waals surface area contributed by atoms with E-state index in [1.165, 1.54) is 25.7 Å². The summed E-state index contributed by atoms with van der Waals surface area (Å²) >= 11 is 0. The van der Waals surface area contributed by atoms with Gasteiger partial charge >= 0.3 is 0 Å². The first kappa shape index (κ1) is 19.4. The van der Waals surface area contributed by atoms with Crippen molar-refractivity contribution in [3.63, 3.8) is 0 Å². The molecule has 3 aliphatic rings. The fraction of sp³-hybridized carbons (Fsp3) is 0.609. The number of hydrogen-bond donors (Lipinski definition) is 1. The molecule has 7 nitrogen and oxygen atoms in total. The fourth-order valence-electron chi connectivity index (χ4n) is 4.62. The molecule has 1 saturated heterocycles. The quantitative estimate of drug-likeness (QED) is 0.778. The van der Waals surface area contributed by atoms with Crippen LogP contribution in [0.3, 0.4) is 0 Å². The van der Waals surface area contributed by atoms with Crippen molar-refractivity contribution in [2.24, 2.45) is 0 Å². The molecule has 0 spiro atoms. The summed E-state index contributed by atoms with van der Waals surface area (Å²) in [6.07, 6.45) is 9.10. The maximum atomic E-state index is 13.1. The Morgan fingerprint density at radius 2 is 1.80 bits per heavy atom. The van der Waals surface area contributed by atoms with Gasteiger partial charge in [-0.1, -0.05) is 0 Å². The summed E-state index contributed by atoms with van der Waals surface area (Å²) in [4.78, 5) is 19.7. The van der Waals surface area contributed by atoms with Crippen LogP contribution in [0.15, 0.2) is 18.2 Å². The van der Waals surface area contributed by atoms with Crippen molar-refractivity contribution in [3.05, 3.63) is 35.4 Å². The van der Waals surface area contributed by atoms with Gasteiger partial charge in [-0.2, -0.15) is 5.10 Å². The van der Waals surface area contributed by atoms with Gasteiger partial charge in [0, 0.05) is 30.5 Å². The number of nitrogens with zero attached hydrogens (tertiary/aromatic N) is 3. The number of rotatable bonds is 6. The zero-order valence-electron chi connectivity index (χ0n) is 17.6. The van der Waals surface area contributed by atoms with Crippen LogP contribution < -0.4 is 9.47 Å². The van der Waals surface area contributed by atoms with E-state index in [1.54, 1.807) is 7.11 Å². The van der Waals surface area contributed by atoms with Gasteiger partial charge in [0.25, 0.3) is 5.91 Å². The highest BCUT2D eigenvalue weighted by atomic mass is 16.5. The van der Waals surface area contributed by atoms with Gasteiger partial charge in [0.15, 0.2) is 17.3 Å². The van der Waals surface area contributed by atoms with E-state index in [0.717, 1.165) is 56.2 Å². The molecule has 2 saturated carbocycles. The lowest BCUT2D eigenvalue weighted by Gasteiger charge is -2.31. The van der Waals surface area contributed by atoms with Crippen LogP contribution in [-0.2, 0) is 0 Å². The number of H-pyrrole nitrogens is 1. The summed E-state index contributed by atoms with van der Waals surface area (Å²) in [6.45, 7) is 1.46. The number of likely N-dealkylation sites (tertiary alicyclic amines) is 1. The maximum absolute atomic E-state index is 13.1. The Balaban J connectivity index is 1.21. The lowest BCUT2D eigenvalue weighted by atomic mass is 9.95. The Kier molecular flexibility index (Phi) is 5.35. The molecule has 0 radical (unpaired) electrons. The first-order valence-electron chi connectivity index (χ1n) is 11.3. The van der Waals surface area contributed by atoms with E-state index in [2.05, 4.69) is 10.2 Å². The molecule has 0 unspecified atom stereocenters. The SMILES string of the molecule is COc1cc(C(=O)N2CCC(c3nc(C4CC4)n[nH]3)CC2)ccc1OC1CCCC1. The normalized spacial score (nSPS) is 20.5. The average molecular weight is 411 g/mol. The zero-order valence-corrected chi connectivity index (χ0v) is 17.6.